The third-order valence-corrected chi connectivity index (χ3v) is 13.1. The molecule has 2 heterocycles. The average Bonchev–Trinajstić information content (AvgIpc) is 3.63. The third kappa shape index (κ3) is 10.5. The van der Waals surface area contributed by atoms with E-state index in [1.165, 1.54) is 33.4 Å². The molecule has 0 saturated heterocycles. The van der Waals surface area contributed by atoms with Crippen molar-refractivity contribution in [2.75, 3.05) is 10.2 Å². The van der Waals surface area contributed by atoms with E-state index in [1.807, 2.05) is 17.2 Å². The second-order valence-corrected chi connectivity index (χ2v) is 22.6. The fourth-order valence-corrected chi connectivity index (χ4v) is 8.86. The third-order valence-electron chi connectivity index (χ3n) is 13.1. The molecular formula is C64H65N4OPt-3. The van der Waals surface area contributed by atoms with Gasteiger partial charge in [-0.25, -0.2) is 4.98 Å². The Morgan fingerprint density at radius 2 is 1.13 bits per heavy atom. The monoisotopic (exact) mass is 1100 g/mol. The summed E-state index contributed by atoms with van der Waals surface area (Å²) in [6.07, 6.45) is 1.91. The summed E-state index contributed by atoms with van der Waals surface area (Å²) in [4.78, 5) is 6.95. The summed E-state index contributed by atoms with van der Waals surface area (Å²) in [7, 11) is 4.75. The van der Waals surface area contributed by atoms with E-state index in [9.17, 15) is 0 Å². The number of hydrogen-bond acceptors (Lipinski definition) is 4. The molecule has 0 amide bonds. The van der Waals surface area contributed by atoms with Crippen molar-refractivity contribution in [2.24, 2.45) is 0 Å². The van der Waals surface area contributed by atoms with Crippen LogP contribution in [0.2, 0.25) is 0 Å². The SMILES string of the molecule is [CH2-]N(c1[c-]c(Oc2[c-]c3c(cc2)c2cc(-c4ccccc4)ccc2n3-c2cc(C(C)(C)C)ccn2)cc(C(C)(C)C)c1)c1cc(C(C)(C)C)ccc1Nc1cc(-c2ccccc2)cc(C(C)(C)C)c1.[Pt]. The molecule has 0 radical (unpaired) electrons. The van der Waals surface area contributed by atoms with Crippen molar-refractivity contribution in [1.29, 1.82) is 0 Å². The van der Waals surface area contributed by atoms with Crippen LogP contribution in [-0.4, -0.2) is 9.55 Å². The zero-order valence-corrected chi connectivity index (χ0v) is 45.1. The first kappa shape index (κ1) is 50.0. The number of hydrogen-bond donors (Lipinski definition) is 1. The van der Waals surface area contributed by atoms with Crippen LogP contribution in [0.4, 0.5) is 22.7 Å². The zero-order valence-electron chi connectivity index (χ0n) is 42.8. The normalized spacial score (nSPS) is 12.2. The number of rotatable bonds is 9. The number of benzene rings is 7. The van der Waals surface area contributed by atoms with Crippen molar-refractivity contribution < 1.29 is 25.8 Å². The average molecular weight is 1100 g/mol. The van der Waals surface area contributed by atoms with Crippen LogP contribution in [0.15, 0.2) is 158 Å². The number of nitrogens with zero attached hydrogens (tertiary/aromatic N) is 3. The van der Waals surface area contributed by atoms with Crippen LogP contribution in [0.1, 0.15) is 105 Å². The largest absolute Gasteiger partial charge is 0.515 e. The maximum Gasteiger partial charge on any atom is 0.135 e. The molecular weight excluding hydrogens is 1040 g/mol. The minimum Gasteiger partial charge on any atom is -0.515 e. The van der Waals surface area contributed by atoms with Gasteiger partial charge in [-0.3, -0.25) is 7.05 Å². The molecule has 1 N–H and O–H groups in total. The van der Waals surface area contributed by atoms with Crippen molar-refractivity contribution in [3.05, 3.63) is 199 Å². The summed E-state index contributed by atoms with van der Waals surface area (Å²) in [6.45, 7) is 26.9. The van der Waals surface area contributed by atoms with Crippen LogP contribution < -0.4 is 15.0 Å². The van der Waals surface area contributed by atoms with Gasteiger partial charge in [0.1, 0.15) is 5.82 Å². The Hall–Kier alpha value is -6.42. The second kappa shape index (κ2) is 19.1. The van der Waals surface area contributed by atoms with Gasteiger partial charge in [-0.2, -0.15) is 6.07 Å². The van der Waals surface area contributed by atoms with Gasteiger partial charge in [-0.15, -0.1) is 47.0 Å². The van der Waals surface area contributed by atoms with Crippen LogP contribution >= 0.6 is 0 Å². The first-order valence-electron chi connectivity index (χ1n) is 24.1. The van der Waals surface area contributed by atoms with Gasteiger partial charge < -0.3 is 19.5 Å². The van der Waals surface area contributed by atoms with E-state index in [-0.39, 0.29) is 42.7 Å². The molecule has 9 rings (SSSR count). The molecule has 6 heteroatoms. The van der Waals surface area contributed by atoms with Crippen LogP contribution in [0.25, 0.3) is 49.9 Å². The number of nitrogens with one attached hydrogen (secondary N) is 1. The van der Waals surface area contributed by atoms with Crippen molar-refractivity contribution >= 4 is 44.6 Å². The molecule has 0 atom stereocenters. The Kier molecular flexibility index (Phi) is 13.6. The Balaban J connectivity index is 0.00000659. The molecule has 360 valence electrons. The number of fused-ring (bicyclic) bond motifs is 3. The van der Waals surface area contributed by atoms with E-state index < -0.39 is 0 Å². The van der Waals surface area contributed by atoms with Gasteiger partial charge in [0.05, 0.1) is 5.69 Å². The Labute approximate surface area is 431 Å². The van der Waals surface area contributed by atoms with Crippen LogP contribution in [0.3, 0.4) is 0 Å². The summed E-state index contributed by atoms with van der Waals surface area (Å²) in [5.41, 5.74) is 14.6. The van der Waals surface area contributed by atoms with Crippen molar-refractivity contribution in [3.63, 3.8) is 0 Å². The number of ether oxygens (including phenoxy) is 1. The molecule has 2 aromatic heterocycles. The summed E-state index contributed by atoms with van der Waals surface area (Å²) >= 11 is 0. The topological polar surface area (TPSA) is 42.3 Å². The quantitative estimate of drug-likeness (QED) is 0.146. The zero-order chi connectivity index (χ0) is 49.0. The van der Waals surface area contributed by atoms with Crippen LogP contribution in [0, 0.1) is 19.2 Å². The van der Waals surface area contributed by atoms with E-state index in [4.69, 9.17) is 16.8 Å². The Bertz CT molecular complexity index is 3320. The van der Waals surface area contributed by atoms with Crippen molar-refractivity contribution in [1.82, 2.24) is 9.55 Å². The van der Waals surface area contributed by atoms with E-state index in [0.29, 0.717) is 11.5 Å². The van der Waals surface area contributed by atoms with Gasteiger partial charge in [0.25, 0.3) is 0 Å². The van der Waals surface area contributed by atoms with Crippen LogP contribution in [-0.2, 0) is 42.7 Å². The van der Waals surface area contributed by atoms with Gasteiger partial charge in [0, 0.05) is 55.7 Å². The van der Waals surface area contributed by atoms with Gasteiger partial charge in [0.2, 0.25) is 0 Å². The molecule has 0 aliphatic carbocycles. The molecule has 0 aliphatic heterocycles. The first-order chi connectivity index (χ1) is 32.6. The van der Waals surface area contributed by atoms with E-state index in [0.717, 1.165) is 61.5 Å². The summed E-state index contributed by atoms with van der Waals surface area (Å²) < 4.78 is 9.12. The molecule has 0 fully saturated rings. The minimum absolute atomic E-state index is 0. The Morgan fingerprint density at radius 3 is 1.77 bits per heavy atom. The smallest absolute Gasteiger partial charge is 0.135 e. The standard InChI is InChI=1S/C64H65N4O.Pt/c1-61(2,3)46-25-28-56(66-50-33-45(43-22-18-15-19-23-43)32-48(35-50)63(7,8)9)59(38-46)67(13)51-36-49(64(10,11)12)37-53(40-51)69-52-26-27-54-55-34-44(42-20-16-14-17-21-42)24-29-57(55)68(58(54)41-52)60-39-47(30-31-65-60)62(4,5)6;/h14-39,66H,13H2,1-12H3;/q-3;. The van der Waals surface area contributed by atoms with E-state index >= 15 is 0 Å². The fourth-order valence-electron chi connectivity index (χ4n) is 8.86. The summed E-state index contributed by atoms with van der Waals surface area (Å²) in [6, 6.07) is 61.4. The van der Waals surface area contributed by atoms with Crippen LogP contribution in [0.5, 0.6) is 11.5 Å². The molecule has 7 aromatic carbocycles. The van der Waals surface area contributed by atoms with Gasteiger partial charge >= 0.3 is 0 Å². The summed E-state index contributed by atoms with van der Waals surface area (Å²) in [5.74, 6) is 1.99. The molecule has 5 nitrogen and oxygen atoms in total. The molecule has 0 aliphatic rings. The van der Waals surface area contributed by atoms with Crippen molar-refractivity contribution in [3.8, 4) is 39.6 Å². The molecule has 70 heavy (non-hydrogen) atoms. The molecule has 0 bridgehead atoms. The summed E-state index contributed by atoms with van der Waals surface area (Å²) in [5, 5.41) is 6.04. The van der Waals surface area contributed by atoms with Crippen molar-refractivity contribution in [2.45, 2.75) is 105 Å². The predicted molar refractivity (Wildman–Crippen MR) is 292 cm³/mol. The molecule has 0 saturated carbocycles. The maximum atomic E-state index is 6.90. The first-order valence-corrected chi connectivity index (χ1v) is 24.1. The maximum absolute atomic E-state index is 6.90. The van der Waals surface area contributed by atoms with Gasteiger partial charge in [0.15, 0.2) is 0 Å². The second-order valence-electron chi connectivity index (χ2n) is 22.6. The Morgan fingerprint density at radius 1 is 0.514 bits per heavy atom. The minimum atomic E-state index is -0.210. The van der Waals surface area contributed by atoms with E-state index in [1.54, 1.807) is 0 Å². The number of anilines is 4. The van der Waals surface area contributed by atoms with E-state index in [2.05, 4.69) is 251 Å². The predicted octanol–water partition coefficient (Wildman–Crippen LogP) is 17.8. The number of aromatic nitrogens is 2. The van der Waals surface area contributed by atoms with Gasteiger partial charge in [-0.05, 0) is 108 Å². The van der Waals surface area contributed by atoms with Gasteiger partial charge in [-0.1, -0.05) is 174 Å². The molecule has 0 unspecified atom stereocenters. The number of pyridine rings is 1. The molecule has 9 aromatic rings. The molecule has 0 spiro atoms. The fraction of sp³-hybridized carbons (Fsp3) is 0.250.